The molecule has 0 radical (unpaired) electrons. The molecule has 12 nitrogen and oxygen atoms in total. The lowest BCUT2D eigenvalue weighted by Crippen LogP contribution is -2.20. The quantitative estimate of drug-likeness (QED) is 0.0689. The van der Waals surface area contributed by atoms with E-state index in [0.717, 1.165) is 0 Å². The zero-order valence-electron chi connectivity index (χ0n) is 25.6. The summed E-state index contributed by atoms with van der Waals surface area (Å²) >= 11 is 12.2. The predicted molar refractivity (Wildman–Crippen MR) is 170 cm³/mol. The fraction of sp³-hybridized carbons (Fsp3) is 0.367. The van der Waals surface area contributed by atoms with Crippen LogP contribution in [0.4, 0.5) is 0 Å². The number of nitrogens with two attached hydrogens (primary N) is 1. The third-order valence-corrected chi connectivity index (χ3v) is 5.61. The number of ketones is 2. The zero-order valence-corrected chi connectivity index (χ0v) is 28.0. The Hall–Kier alpha value is -3.68. The first-order chi connectivity index (χ1) is 20.9. The van der Waals surface area contributed by atoms with Crippen LogP contribution in [0.3, 0.4) is 0 Å². The van der Waals surface area contributed by atoms with Crippen molar-refractivity contribution in [1.29, 1.82) is 0 Å². The van der Waals surface area contributed by atoms with Crippen LogP contribution in [-0.2, 0) is 19.1 Å². The summed E-state index contributed by atoms with van der Waals surface area (Å²) in [5.74, 6) is 2.11. The number of halogens is 3. The lowest BCUT2D eigenvalue weighted by atomic mass is 10.1. The minimum Gasteiger partial charge on any atom is -0.489 e. The summed E-state index contributed by atoms with van der Waals surface area (Å²) in [6.07, 6.45) is -0.553. The van der Waals surface area contributed by atoms with Crippen LogP contribution in [0.25, 0.3) is 11.3 Å². The predicted octanol–water partition coefficient (Wildman–Crippen LogP) is 6.55. The SMILES string of the molecule is CCOC(=O)C(=O)CC(=O)c1ccc(OC(C)C)c(Cl)c1.CCOC(=O)c1cc(-c2ccc(OC(C)C)c(Cl)c2)on1.Cl.NO. The van der Waals surface area contributed by atoms with Gasteiger partial charge in [0.1, 0.15) is 11.5 Å². The third kappa shape index (κ3) is 13.9. The highest BCUT2D eigenvalue weighted by molar-refractivity contribution is 6.38. The van der Waals surface area contributed by atoms with Gasteiger partial charge in [-0.05, 0) is 77.9 Å². The monoisotopic (exact) mass is 690 g/mol. The molecule has 3 N–H and O–H groups in total. The first-order valence-corrected chi connectivity index (χ1v) is 14.2. The maximum atomic E-state index is 11.9. The van der Waals surface area contributed by atoms with Crippen LogP contribution in [0.5, 0.6) is 11.5 Å². The van der Waals surface area contributed by atoms with Gasteiger partial charge in [0.2, 0.25) is 5.78 Å². The van der Waals surface area contributed by atoms with E-state index in [9.17, 15) is 19.2 Å². The van der Waals surface area contributed by atoms with Crippen molar-refractivity contribution in [3.8, 4) is 22.8 Å². The van der Waals surface area contributed by atoms with Gasteiger partial charge in [0, 0.05) is 17.2 Å². The van der Waals surface area contributed by atoms with Crippen molar-refractivity contribution < 1.29 is 47.9 Å². The van der Waals surface area contributed by atoms with E-state index >= 15 is 0 Å². The molecule has 2 aromatic carbocycles. The van der Waals surface area contributed by atoms with Crippen LogP contribution in [0.15, 0.2) is 47.0 Å². The molecule has 0 bridgehead atoms. The first-order valence-electron chi connectivity index (χ1n) is 13.4. The normalized spacial score (nSPS) is 9.96. The van der Waals surface area contributed by atoms with Gasteiger partial charge in [0.15, 0.2) is 17.2 Å². The van der Waals surface area contributed by atoms with Crippen LogP contribution in [0, 0.1) is 0 Å². The number of esters is 2. The fourth-order valence-electron chi connectivity index (χ4n) is 3.27. The van der Waals surface area contributed by atoms with Crippen molar-refractivity contribution in [2.75, 3.05) is 13.2 Å². The summed E-state index contributed by atoms with van der Waals surface area (Å²) in [5, 5.41) is 10.9. The highest BCUT2D eigenvalue weighted by Gasteiger charge is 2.21. The Kier molecular flexibility index (Phi) is 19.4. The van der Waals surface area contributed by atoms with E-state index in [1.807, 2.05) is 27.7 Å². The summed E-state index contributed by atoms with van der Waals surface area (Å²) in [5.41, 5.74) is 1.08. The van der Waals surface area contributed by atoms with Crippen molar-refractivity contribution in [3.63, 3.8) is 0 Å². The molecular formula is C30H37Cl3N2O10. The largest absolute Gasteiger partial charge is 0.489 e. The number of ether oxygens (including phenoxy) is 4. The minimum atomic E-state index is -1.00. The van der Waals surface area contributed by atoms with Gasteiger partial charge < -0.3 is 28.7 Å². The molecule has 45 heavy (non-hydrogen) atoms. The summed E-state index contributed by atoms with van der Waals surface area (Å²) in [6, 6.07) is 11.2. The minimum absolute atomic E-state index is 0. The van der Waals surface area contributed by atoms with Gasteiger partial charge in [-0.1, -0.05) is 28.4 Å². The zero-order chi connectivity index (χ0) is 33.4. The van der Waals surface area contributed by atoms with Crippen molar-refractivity contribution in [2.24, 2.45) is 5.90 Å². The van der Waals surface area contributed by atoms with E-state index in [1.165, 1.54) is 18.2 Å². The van der Waals surface area contributed by atoms with E-state index in [4.69, 9.17) is 47.1 Å². The van der Waals surface area contributed by atoms with Crippen molar-refractivity contribution in [2.45, 2.75) is 60.2 Å². The Bertz CT molecular complexity index is 1410. The molecule has 0 aliphatic carbocycles. The highest BCUT2D eigenvalue weighted by atomic mass is 35.5. The lowest BCUT2D eigenvalue weighted by Gasteiger charge is -2.11. The summed E-state index contributed by atoms with van der Waals surface area (Å²) < 4.78 is 25.5. The summed E-state index contributed by atoms with van der Waals surface area (Å²) in [4.78, 5) is 46.1. The number of hydrogen-bond acceptors (Lipinski definition) is 12. The molecule has 248 valence electrons. The maximum absolute atomic E-state index is 11.9. The molecular weight excluding hydrogens is 655 g/mol. The molecule has 3 rings (SSSR count). The van der Waals surface area contributed by atoms with E-state index in [1.54, 1.807) is 38.1 Å². The number of carbonyl (C=O) groups is 4. The summed E-state index contributed by atoms with van der Waals surface area (Å²) in [6.45, 7) is 11.2. The van der Waals surface area contributed by atoms with Crippen LogP contribution < -0.4 is 15.4 Å². The molecule has 0 unspecified atom stereocenters. The lowest BCUT2D eigenvalue weighted by molar-refractivity contribution is -0.153. The Morgan fingerprint density at radius 1 is 0.844 bits per heavy atom. The van der Waals surface area contributed by atoms with Gasteiger partial charge in [-0.15, -0.1) is 12.4 Å². The van der Waals surface area contributed by atoms with Gasteiger partial charge in [0.25, 0.3) is 0 Å². The van der Waals surface area contributed by atoms with Crippen LogP contribution in [-0.4, -0.2) is 59.3 Å². The number of carbonyl (C=O) groups excluding carboxylic acids is 4. The first kappa shape index (κ1) is 41.3. The Morgan fingerprint density at radius 3 is 1.87 bits per heavy atom. The van der Waals surface area contributed by atoms with Crippen molar-refractivity contribution in [3.05, 3.63) is 63.8 Å². The molecule has 1 aromatic heterocycles. The average Bonchev–Trinajstić information content (AvgIpc) is 3.47. The molecule has 0 spiro atoms. The standard InChI is InChI=1S/C15H16ClNO4.C15H17ClO5.ClH.H3NO/c1-4-19-15(18)12-8-14(21-17-12)10-5-6-13(11(16)7-10)20-9(2)3;1-4-20-15(19)13(18)8-12(17)10-5-6-14(11(16)7-10)21-9(2)3;;1-2/h5-9H,4H2,1-3H3;5-7,9H,4,8H2,1-3H3;1H;2H,1H2. The second-order valence-electron chi connectivity index (χ2n) is 9.16. The van der Waals surface area contributed by atoms with Crippen molar-refractivity contribution in [1.82, 2.24) is 5.16 Å². The topological polar surface area (TPSA) is 177 Å². The van der Waals surface area contributed by atoms with E-state index < -0.39 is 29.9 Å². The molecule has 0 aliphatic heterocycles. The summed E-state index contributed by atoms with van der Waals surface area (Å²) in [7, 11) is 0. The smallest absolute Gasteiger partial charge is 0.375 e. The second-order valence-corrected chi connectivity index (χ2v) is 9.98. The molecule has 3 aromatic rings. The van der Waals surface area contributed by atoms with Crippen LogP contribution in [0.2, 0.25) is 10.0 Å². The van der Waals surface area contributed by atoms with Gasteiger partial charge in [-0.25, -0.2) is 15.5 Å². The van der Waals surface area contributed by atoms with Gasteiger partial charge in [-0.2, -0.15) is 0 Å². The van der Waals surface area contributed by atoms with Crippen molar-refractivity contribution >= 4 is 59.1 Å². The maximum Gasteiger partial charge on any atom is 0.375 e. The van der Waals surface area contributed by atoms with Gasteiger partial charge in [-0.3, -0.25) is 9.59 Å². The molecule has 0 fully saturated rings. The van der Waals surface area contributed by atoms with E-state index in [0.29, 0.717) is 27.8 Å². The Morgan fingerprint density at radius 2 is 1.38 bits per heavy atom. The molecule has 15 heteroatoms. The van der Waals surface area contributed by atoms with Gasteiger partial charge >= 0.3 is 11.9 Å². The van der Waals surface area contributed by atoms with E-state index in [-0.39, 0.29) is 54.1 Å². The number of rotatable bonds is 12. The Balaban J connectivity index is 0.000000799. The average molecular weight is 692 g/mol. The Labute approximate surface area is 277 Å². The molecule has 0 amide bonds. The number of Topliss-reactive ketones (excluding diaryl/α,β-unsaturated/α-hetero) is 2. The van der Waals surface area contributed by atoms with Crippen LogP contribution in [0.1, 0.15) is 68.8 Å². The molecule has 0 saturated carbocycles. The molecule has 0 atom stereocenters. The number of benzene rings is 2. The van der Waals surface area contributed by atoms with Crippen LogP contribution >= 0.6 is 35.6 Å². The fourth-order valence-corrected chi connectivity index (χ4v) is 3.72. The number of aromatic nitrogens is 1. The molecule has 1 heterocycles. The molecule has 0 saturated heterocycles. The second kappa shape index (κ2) is 21.1. The number of hydrogen-bond donors (Lipinski definition) is 2. The molecule has 0 aliphatic rings. The van der Waals surface area contributed by atoms with E-state index in [2.05, 4.69) is 15.8 Å². The van der Waals surface area contributed by atoms with Gasteiger partial charge in [0.05, 0.1) is 41.9 Å². The highest BCUT2D eigenvalue weighted by Crippen LogP contribution is 2.31. The third-order valence-electron chi connectivity index (χ3n) is 5.01. The number of nitrogens with zero attached hydrogens (tertiary/aromatic N) is 1.